The molecule has 176 valence electrons. The van der Waals surface area contributed by atoms with Gasteiger partial charge in [-0.2, -0.15) is 0 Å². The maximum atomic E-state index is 12.9. The number of carbonyl (C=O) groups excluding carboxylic acids is 2. The van der Waals surface area contributed by atoms with Crippen molar-refractivity contribution in [1.29, 1.82) is 0 Å². The zero-order chi connectivity index (χ0) is 24.3. The molecule has 1 aromatic rings. The number of aliphatic imine (C=N–C) groups is 1. The molecule has 0 heterocycles. The topological polar surface area (TPSA) is 180 Å². The number of ketones is 1. The van der Waals surface area contributed by atoms with Crippen LogP contribution >= 0.6 is 0 Å². The van der Waals surface area contributed by atoms with E-state index in [1.54, 1.807) is 17.6 Å². The molecule has 0 unspecified atom stereocenters. The smallest absolute Gasteiger partial charge is 0.426 e. The molecule has 0 fully saturated rings. The van der Waals surface area contributed by atoms with E-state index in [9.17, 15) is 29.8 Å². The van der Waals surface area contributed by atoms with Crippen LogP contribution in [0.3, 0.4) is 0 Å². The summed E-state index contributed by atoms with van der Waals surface area (Å²) in [5, 5.41) is 31.4. The lowest BCUT2D eigenvalue weighted by molar-refractivity contribution is -0.525. The molecule has 32 heavy (non-hydrogen) atoms. The summed E-state index contributed by atoms with van der Waals surface area (Å²) < 4.78 is 0. The highest BCUT2D eigenvalue weighted by molar-refractivity contribution is 6.43. The van der Waals surface area contributed by atoms with Crippen LogP contribution in [0.2, 0.25) is 0 Å². The predicted octanol–water partition coefficient (Wildman–Crippen LogP) is 0.603. The van der Waals surface area contributed by atoms with Crippen molar-refractivity contribution in [3.63, 3.8) is 0 Å². The largest absolute Gasteiger partial charge is 0.475 e. The van der Waals surface area contributed by atoms with Crippen molar-refractivity contribution in [3.8, 4) is 0 Å². The number of hydrogen-bond acceptors (Lipinski definition) is 7. The molecule has 0 aliphatic carbocycles. The van der Waals surface area contributed by atoms with Crippen LogP contribution in [0.5, 0.6) is 0 Å². The van der Waals surface area contributed by atoms with Gasteiger partial charge < -0.3 is 21.1 Å². The Morgan fingerprint density at radius 1 is 1.28 bits per heavy atom. The molecule has 0 aliphatic heterocycles. The van der Waals surface area contributed by atoms with E-state index >= 15 is 0 Å². The Morgan fingerprint density at radius 3 is 2.50 bits per heavy atom. The summed E-state index contributed by atoms with van der Waals surface area (Å²) in [6, 6.07) is 7.07. The number of nitrogens with zero attached hydrogens (tertiary/aromatic N) is 2. The average molecular weight is 449 g/mol. The number of Topliss-reactive ketones (excluding diaryl/α,β-unsaturated/α-hetero) is 1. The van der Waals surface area contributed by atoms with Gasteiger partial charge in [0.05, 0.1) is 5.94 Å². The molecule has 1 aromatic carbocycles. The number of nitrogens with two attached hydrogens (primary N) is 1. The van der Waals surface area contributed by atoms with Crippen molar-refractivity contribution in [2.24, 2.45) is 22.6 Å². The van der Waals surface area contributed by atoms with Crippen LogP contribution in [0.15, 0.2) is 29.3 Å². The van der Waals surface area contributed by atoms with Gasteiger partial charge in [-0.25, -0.2) is 15.1 Å². The molecule has 11 nitrogen and oxygen atoms in total. The van der Waals surface area contributed by atoms with E-state index in [2.05, 4.69) is 10.3 Å². The Hall–Kier alpha value is -2.99. The summed E-state index contributed by atoms with van der Waals surface area (Å²) in [6.45, 7) is 5.71. The van der Waals surface area contributed by atoms with Gasteiger partial charge in [-0.15, -0.1) is 0 Å². The second kappa shape index (κ2) is 13.4. The normalized spacial score (nSPS) is 13.4. The number of carbonyl (C=O) groups is 2. The fraction of sp³-hybridized carbons (Fsp3) is 0.550. The van der Waals surface area contributed by atoms with Gasteiger partial charge in [0.15, 0.2) is 10.8 Å². The first-order chi connectivity index (χ1) is 15.0. The van der Waals surface area contributed by atoms with Gasteiger partial charge in [0.1, 0.15) is 0 Å². The van der Waals surface area contributed by atoms with Crippen molar-refractivity contribution in [2.45, 2.75) is 52.4 Å². The van der Waals surface area contributed by atoms with Gasteiger partial charge in [-0.05, 0) is 37.7 Å². The molecule has 6 N–H and O–H groups in total. The summed E-state index contributed by atoms with van der Waals surface area (Å²) in [5.74, 6) is -2.52. The monoisotopic (exact) mass is 449 g/mol. The maximum Gasteiger partial charge on any atom is 0.475 e. The molecule has 0 radical (unpaired) electrons. The summed E-state index contributed by atoms with van der Waals surface area (Å²) in [5.41, 5.74) is 8.42. The lowest BCUT2D eigenvalue weighted by Crippen LogP contribution is -2.49. The van der Waals surface area contributed by atoms with Gasteiger partial charge in [0, 0.05) is 24.4 Å². The number of hydrogen-bond donors (Lipinski definition) is 5. The Labute approximate surface area is 187 Å². The van der Waals surface area contributed by atoms with Gasteiger partial charge in [0.25, 0.3) is 5.96 Å². The SMILES string of the molecule is Cc1ccccc1C(=O)C[C@@H](CCCN=C(N)N[N+](=O)[O-])C(=O)N[C@@H](CC(C)C)B(O)O. The lowest BCUT2D eigenvalue weighted by Gasteiger charge is -2.23. The van der Waals surface area contributed by atoms with E-state index in [-0.39, 0.29) is 37.0 Å². The van der Waals surface area contributed by atoms with Crippen LogP contribution in [0, 0.1) is 28.9 Å². The third-order valence-electron chi connectivity index (χ3n) is 4.86. The number of benzene rings is 1. The molecule has 0 bridgehead atoms. The zero-order valence-corrected chi connectivity index (χ0v) is 18.7. The van der Waals surface area contributed by atoms with Gasteiger partial charge in [-0.3, -0.25) is 9.59 Å². The van der Waals surface area contributed by atoms with Gasteiger partial charge in [-0.1, -0.05) is 43.5 Å². The van der Waals surface area contributed by atoms with Crippen molar-refractivity contribution in [1.82, 2.24) is 10.7 Å². The highest BCUT2D eigenvalue weighted by atomic mass is 16.7. The number of amides is 1. The lowest BCUT2D eigenvalue weighted by atomic mass is 9.74. The molecule has 0 saturated carbocycles. The molecule has 1 amide bonds. The summed E-state index contributed by atoms with van der Waals surface area (Å²) in [7, 11) is -1.73. The van der Waals surface area contributed by atoms with E-state index in [0.29, 0.717) is 18.4 Å². The second-order valence-electron chi connectivity index (χ2n) is 8.08. The Kier molecular flexibility index (Phi) is 11.4. The molecule has 12 heteroatoms. The fourth-order valence-electron chi connectivity index (χ4n) is 3.28. The number of rotatable bonds is 13. The highest BCUT2D eigenvalue weighted by Crippen LogP contribution is 2.19. The molecule has 0 aromatic heterocycles. The second-order valence-corrected chi connectivity index (χ2v) is 8.08. The van der Waals surface area contributed by atoms with Gasteiger partial charge in [0.2, 0.25) is 5.91 Å². The quantitative estimate of drug-likeness (QED) is 0.0552. The number of nitrogens with one attached hydrogen (secondary N) is 2. The Morgan fingerprint density at radius 2 is 1.94 bits per heavy atom. The van der Waals surface area contributed by atoms with Crippen LogP contribution in [0.25, 0.3) is 0 Å². The zero-order valence-electron chi connectivity index (χ0n) is 18.7. The minimum atomic E-state index is -1.73. The highest BCUT2D eigenvalue weighted by Gasteiger charge is 2.30. The van der Waals surface area contributed by atoms with Gasteiger partial charge >= 0.3 is 7.12 Å². The van der Waals surface area contributed by atoms with Crippen LogP contribution < -0.4 is 16.5 Å². The minimum absolute atomic E-state index is 0.0705. The average Bonchev–Trinajstić information content (AvgIpc) is 2.68. The number of hydrazine groups is 1. The number of nitro groups is 1. The number of aryl methyl sites for hydroxylation is 1. The fourth-order valence-corrected chi connectivity index (χ4v) is 3.28. The van der Waals surface area contributed by atoms with Crippen LogP contribution in [-0.2, 0) is 4.79 Å². The first-order valence-electron chi connectivity index (χ1n) is 10.5. The summed E-state index contributed by atoms with van der Waals surface area (Å²) >= 11 is 0. The first-order valence-corrected chi connectivity index (χ1v) is 10.5. The van der Waals surface area contributed by atoms with Crippen molar-refractivity contribution in [3.05, 3.63) is 45.5 Å². The van der Waals surface area contributed by atoms with E-state index < -0.39 is 29.9 Å². The van der Waals surface area contributed by atoms with E-state index in [0.717, 1.165) is 5.56 Å². The van der Waals surface area contributed by atoms with Crippen molar-refractivity contribution in [2.75, 3.05) is 6.54 Å². The van der Waals surface area contributed by atoms with Crippen LogP contribution in [0.4, 0.5) is 0 Å². The molecular formula is C20H32BN5O6. The Bertz CT molecular complexity index is 817. The van der Waals surface area contributed by atoms with E-state index in [4.69, 9.17) is 5.73 Å². The molecule has 0 saturated heterocycles. The third kappa shape index (κ3) is 9.88. The van der Waals surface area contributed by atoms with Crippen LogP contribution in [-0.4, -0.2) is 52.3 Å². The predicted molar refractivity (Wildman–Crippen MR) is 121 cm³/mol. The van der Waals surface area contributed by atoms with Crippen molar-refractivity contribution < 1.29 is 24.7 Å². The molecule has 0 aliphatic rings. The van der Waals surface area contributed by atoms with E-state index in [1.807, 2.05) is 32.9 Å². The summed E-state index contributed by atoms with van der Waals surface area (Å²) in [6.07, 6.45) is 0.887. The molecule has 2 atom stereocenters. The number of guanidine groups is 1. The third-order valence-corrected chi connectivity index (χ3v) is 4.86. The Balaban J connectivity index is 2.91. The van der Waals surface area contributed by atoms with Crippen molar-refractivity contribution >= 4 is 24.8 Å². The molecule has 1 rings (SSSR count). The first kappa shape index (κ1) is 27.0. The minimum Gasteiger partial charge on any atom is -0.426 e. The molecule has 0 spiro atoms. The molecular weight excluding hydrogens is 417 g/mol. The standard InChI is InChI=1S/C20H32BN5O6/c1-13(2)11-18(21(29)30)24-19(28)15(8-6-10-23-20(22)25-26(31)32)12-17(27)16-9-5-4-7-14(16)3/h4-5,7,9,13,15,18,29-30H,6,8,10-12H2,1-3H3,(H,24,28)(H3,22,23,25)/t15-,18+/m1/s1. The van der Waals surface area contributed by atoms with Crippen LogP contribution in [0.1, 0.15) is 55.5 Å². The summed E-state index contributed by atoms with van der Waals surface area (Å²) in [4.78, 5) is 39.9. The maximum absolute atomic E-state index is 12.9. The van der Waals surface area contributed by atoms with E-state index in [1.165, 1.54) is 0 Å².